The lowest BCUT2D eigenvalue weighted by Crippen LogP contribution is -2.35. The Balaban J connectivity index is 1.84. The zero-order chi connectivity index (χ0) is 27.8. The summed E-state index contributed by atoms with van der Waals surface area (Å²) in [5.74, 6) is 0.189. The molecule has 0 amide bonds. The highest BCUT2D eigenvalue weighted by Gasteiger charge is 2.41. The van der Waals surface area contributed by atoms with Crippen LogP contribution in [0.5, 0.6) is 0 Å². The summed E-state index contributed by atoms with van der Waals surface area (Å²) in [4.78, 5) is 48.2. The van der Waals surface area contributed by atoms with Gasteiger partial charge in [0, 0.05) is 6.20 Å². The maximum Gasteiger partial charge on any atom is 0.490 e. The summed E-state index contributed by atoms with van der Waals surface area (Å²) in [5.41, 5.74) is 4.38. The number of nitrogen functional groups attached to an aromatic ring is 1. The topological polar surface area (TPSA) is 252 Å². The first kappa shape index (κ1) is 29.5. The number of ether oxygens (including phenoxy) is 1. The summed E-state index contributed by atoms with van der Waals surface area (Å²) in [6.07, 6.45) is 2.64. The minimum Gasteiger partial charge on any atom is -0.444 e. The molecule has 3 aromatic heterocycles. The molecule has 6 N–H and O–H groups in total. The molecule has 3 heterocycles. The Morgan fingerprint density at radius 2 is 1.81 bits per heavy atom. The van der Waals surface area contributed by atoms with Crippen LogP contribution in [0.3, 0.4) is 0 Å². The molecule has 37 heavy (non-hydrogen) atoms. The van der Waals surface area contributed by atoms with Crippen LogP contribution in [-0.4, -0.2) is 57.5 Å². The lowest BCUT2D eigenvalue weighted by Gasteiger charge is -2.31. The van der Waals surface area contributed by atoms with Crippen molar-refractivity contribution in [2.75, 3.05) is 12.3 Å². The second-order valence-electron chi connectivity index (χ2n) is 8.00. The molecule has 0 aliphatic heterocycles. The van der Waals surface area contributed by atoms with Crippen molar-refractivity contribution in [2.45, 2.75) is 38.8 Å². The fourth-order valence-electron chi connectivity index (χ4n) is 3.13. The molecule has 3 aromatic rings. The Morgan fingerprint density at radius 3 is 2.38 bits per heavy atom. The Labute approximate surface area is 207 Å². The molecule has 0 saturated carbocycles. The molecule has 0 spiro atoms. The van der Waals surface area contributed by atoms with Crippen molar-refractivity contribution in [1.82, 2.24) is 19.5 Å². The zero-order valence-corrected chi connectivity index (χ0v) is 22.0. The number of nitrogens with zero attached hydrogens (tertiary/aromatic N) is 4. The SMILES string of the molecule is CC(COP(=O)(O)OP(=O)(O)OP(=O)(O)O)OC(n1cc(-c2ncco2)c2c(N)ncnc21)C(C)(C)F. The number of fused-ring (bicyclic) bond motifs is 1. The Kier molecular flexibility index (Phi) is 8.44. The van der Waals surface area contributed by atoms with E-state index >= 15 is 4.39 Å². The molecule has 17 nitrogen and oxygen atoms in total. The van der Waals surface area contributed by atoms with Crippen molar-refractivity contribution in [3.63, 3.8) is 0 Å². The second kappa shape index (κ2) is 10.6. The number of hydrogen-bond acceptors (Lipinski definition) is 12. The summed E-state index contributed by atoms with van der Waals surface area (Å²) in [5, 5.41) is 0.295. The number of phosphoric acid groups is 3. The van der Waals surface area contributed by atoms with E-state index in [0.717, 1.165) is 6.33 Å². The number of alkyl halides is 1. The first-order valence-corrected chi connectivity index (χ1v) is 14.5. The van der Waals surface area contributed by atoms with Gasteiger partial charge in [0.1, 0.15) is 29.7 Å². The standard InChI is InChI=1S/C16H23FN5O12P3/c1-9(7-31-36(26,27)34-37(28,29)33-35(23,24)25)32-15(16(2,3)17)22-6-10(14-19-4-5-30-14)11-12(18)20-8-21-13(11)22/h4-6,8-9,15H,7H2,1-3H3,(H,26,27)(H,28,29)(H2,18,20,21)(H2,23,24,25). The van der Waals surface area contributed by atoms with Crippen LogP contribution in [0.4, 0.5) is 10.2 Å². The fourth-order valence-corrected chi connectivity index (χ4v) is 6.22. The van der Waals surface area contributed by atoms with E-state index < -0.39 is 48.1 Å². The molecule has 0 aliphatic rings. The number of oxazole rings is 1. The average Bonchev–Trinajstić information content (AvgIpc) is 3.35. The van der Waals surface area contributed by atoms with Crippen molar-refractivity contribution < 1.29 is 60.0 Å². The van der Waals surface area contributed by atoms with Crippen LogP contribution in [0, 0.1) is 0 Å². The molecule has 0 bridgehead atoms. The Bertz CT molecular complexity index is 1390. The maximum atomic E-state index is 15.3. The molecule has 4 unspecified atom stereocenters. The summed E-state index contributed by atoms with van der Waals surface area (Å²) in [6, 6.07) is 0. The van der Waals surface area contributed by atoms with Gasteiger partial charge in [0.25, 0.3) is 0 Å². The van der Waals surface area contributed by atoms with Crippen molar-refractivity contribution in [1.29, 1.82) is 0 Å². The summed E-state index contributed by atoms with van der Waals surface area (Å²) >= 11 is 0. The van der Waals surface area contributed by atoms with E-state index in [1.807, 2.05) is 0 Å². The predicted molar refractivity (Wildman–Crippen MR) is 122 cm³/mol. The lowest BCUT2D eigenvalue weighted by atomic mass is 10.1. The van der Waals surface area contributed by atoms with Crippen LogP contribution in [0.1, 0.15) is 27.0 Å². The molecule has 0 aromatic carbocycles. The maximum absolute atomic E-state index is 15.3. The fraction of sp³-hybridized carbons (Fsp3) is 0.438. The van der Waals surface area contributed by atoms with Crippen LogP contribution >= 0.6 is 23.5 Å². The van der Waals surface area contributed by atoms with Crippen LogP contribution < -0.4 is 5.73 Å². The highest BCUT2D eigenvalue weighted by Crippen LogP contribution is 2.66. The van der Waals surface area contributed by atoms with Gasteiger partial charge in [0.2, 0.25) is 5.89 Å². The number of anilines is 1. The van der Waals surface area contributed by atoms with Crippen LogP contribution in [0.2, 0.25) is 0 Å². The monoisotopic (exact) mass is 589 g/mol. The Morgan fingerprint density at radius 1 is 1.14 bits per heavy atom. The van der Waals surface area contributed by atoms with Gasteiger partial charge in [-0.3, -0.25) is 4.52 Å². The highest BCUT2D eigenvalue weighted by atomic mass is 31.3. The molecule has 4 atom stereocenters. The lowest BCUT2D eigenvalue weighted by molar-refractivity contribution is -0.128. The average molecular weight is 589 g/mol. The number of rotatable bonds is 12. The first-order valence-electron chi connectivity index (χ1n) is 10.0. The molecule has 206 valence electrons. The predicted octanol–water partition coefficient (Wildman–Crippen LogP) is 2.66. The largest absolute Gasteiger partial charge is 0.490 e. The number of hydrogen-bond donors (Lipinski definition) is 5. The van der Waals surface area contributed by atoms with Gasteiger partial charge >= 0.3 is 23.5 Å². The minimum absolute atomic E-state index is 0.0491. The van der Waals surface area contributed by atoms with Gasteiger partial charge in [0.15, 0.2) is 6.23 Å². The van der Waals surface area contributed by atoms with E-state index in [-0.39, 0.29) is 17.4 Å². The normalized spacial score (nSPS) is 17.8. The molecule has 0 radical (unpaired) electrons. The number of aromatic nitrogens is 4. The van der Waals surface area contributed by atoms with Crippen molar-refractivity contribution in [3.05, 3.63) is 25.0 Å². The molecular formula is C16H23FN5O12P3. The van der Waals surface area contributed by atoms with Gasteiger partial charge in [-0.25, -0.2) is 33.0 Å². The third-order valence-corrected chi connectivity index (χ3v) is 8.19. The minimum atomic E-state index is -5.70. The van der Waals surface area contributed by atoms with Gasteiger partial charge < -0.3 is 39.0 Å². The van der Waals surface area contributed by atoms with Gasteiger partial charge in [-0.05, 0) is 20.8 Å². The summed E-state index contributed by atoms with van der Waals surface area (Å²) in [6.45, 7) is 2.88. The third kappa shape index (κ3) is 7.72. The molecule has 0 aliphatic carbocycles. The van der Waals surface area contributed by atoms with Crippen molar-refractivity contribution >= 4 is 40.3 Å². The highest BCUT2D eigenvalue weighted by molar-refractivity contribution is 7.66. The molecular weight excluding hydrogens is 566 g/mol. The second-order valence-corrected chi connectivity index (χ2v) is 12.4. The smallest absolute Gasteiger partial charge is 0.444 e. The number of halogens is 1. The molecule has 21 heteroatoms. The van der Waals surface area contributed by atoms with Crippen molar-refractivity contribution in [2.24, 2.45) is 0 Å². The summed E-state index contributed by atoms with van der Waals surface area (Å²) in [7, 11) is -16.7. The van der Waals surface area contributed by atoms with Crippen molar-refractivity contribution in [3.8, 4) is 11.5 Å². The van der Waals surface area contributed by atoms with E-state index in [0.29, 0.717) is 10.9 Å². The summed E-state index contributed by atoms with van der Waals surface area (Å²) < 4.78 is 73.7. The molecule has 0 fully saturated rings. The van der Waals surface area contributed by atoms with E-state index in [2.05, 4.69) is 28.1 Å². The van der Waals surface area contributed by atoms with Gasteiger partial charge in [-0.15, -0.1) is 0 Å². The van der Waals surface area contributed by atoms with E-state index in [9.17, 15) is 23.5 Å². The van der Waals surface area contributed by atoms with E-state index in [4.69, 9.17) is 24.7 Å². The van der Waals surface area contributed by atoms with Crippen LogP contribution in [-0.2, 0) is 31.6 Å². The third-order valence-electron chi connectivity index (χ3n) is 4.39. The van der Waals surface area contributed by atoms with Gasteiger partial charge in [-0.2, -0.15) is 8.62 Å². The molecule has 0 saturated heterocycles. The number of phosphoric ester groups is 1. The van der Waals surface area contributed by atoms with Gasteiger partial charge in [-0.1, -0.05) is 0 Å². The van der Waals surface area contributed by atoms with Gasteiger partial charge in [0.05, 0.1) is 29.9 Å². The van der Waals surface area contributed by atoms with Crippen LogP contribution in [0.25, 0.3) is 22.5 Å². The Hall–Kier alpha value is -2.07. The quantitative estimate of drug-likeness (QED) is 0.190. The van der Waals surface area contributed by atoms with Crippen LogP contribution in [0.15, 0.2) is 29.4 Å². The molecule has 3 rings (SSSR count). The van der Waals surface area contributed by atoms with E-state index in [1.165, 1.54) is 44.0 Å². The van der Waals surface area contributed by atoms with E-state index in [1.54, 1.807) is 0 Å². The number of nitrogens with two attached hydrogens (primary N) is 1. The first-order chi connectivity index (χ1) is 16.9. The zero-order valence-electron chi connectivity index (χ0n) is 19.3.